The highest BCUT2D eigenvalue weighted by molar-refractivity contribution is 6.00. The summed E-state index contributed by atoms with van der Waals surface area (Å²) < 4.78 is 0. The Labute approximate surface area is 141 Å². The van der Waals surface area contributed by atoms with Gasteiger partial charge in [0, 0.05) is 25.7 Å². The predicted molar refractivity (Wildman–Crippen MR) is 92.5 cm³/mol. The summed E-state index contributed by atoms with van der Waals surface area (Å²) in [5, 5.41) is 2.95. The Bertz CT molecular complexity index is 688. The minimum atomic E-state index is -0.283. The fourth-order valence-electron chi connectivity index (χ4n) is 2.94. The van der Waals surface area contributed by atoms with Gasteiger partial charge in [0.05, 0.1) is 17.8 Å². The lowest BCUT2D eigenvalue weighted by atomic mass is 10.1. The van der Waals surface area contributed by atoms with E-state index in [1.165, 1.54) is 5.56 Å². The Morgan fingerprint density at radius 1 is 1.21 bits per heavy atom. The third-order valence-electron chi connectivity index (χ3n) is 4.24. The van der Waals surface area contributed by atoms with Crippen molar-refractivity contribution in [3.05, 3.63) is 60.4 Å². The number of hydrogen-bond acceptors (Lipinski definition) is 3. The third kappa shape index (κ3) is 3.98. The van der Waals surface area contributed by atoms with Crippen molar-refractivity contribution in [1.82, 2.24) is 10.3 Å². The van der Waals surface area contributed by atoms with E-state index >= 15 is 0 Å². The summed E-state index contributed by atoms with van der Waals surface area (Å²) in [6, 6.07) is 13.8. The Kier molecular flexibility index (Phi) is 5.21. The van der Waals surface area contributed by atoms with Gasteiger partial charge in [-0.3, -0.25) is 14.6 Å². The first-order chi connectivity index (χ1) is 11.7. The van der Waals surface area contributed by atoms with Crippen LogP contribution in [0.1, 0.15) is 18.4 Å². The number of aromatic nitrogens is 1. The number of rotatable bonds is 6. The molecule has 1 unspecified atom stereocenters. The number of amides is 2. The molecule has 0 saturated carbocycles. The average molecular weight is 323 g/mol. The molecule has 0 aliphatic carbocycles. The molecule has 1 N–H and O–H groups in total. The Morgan fingerprint density at radius 3 is 2.79 bits per heavy atom. The van der Waals surface area contributed by atoms with Crippen LogP contribution in [-0.2, 0) is 16.0 Å². The fraction of sp³-hybridized carbons (Fsp3) is 0.316. The molecule has 5 nitrogen and oxygen atoms in total. The molecular formula is C19H21N3O2. The highest BCUT2D eigenvalue weighted by atomic mass is 16.2. The third-order valence-corrected chi connectivity index (χ3v) is 4.24. The maximum Gasteiger partial charge on any atom is 0.227 e. The molecule has 1 atom stereocenters. The molecule has 1 fully saturated rings. The molecule has 24 heavy (non-hydrogen) atoms. The summed E-state index contributed by atoms with van der Waals surface area (Å²) in [5.41, 5.74) is 2.02. The topological polar surface area (TPSA) is 62.3 Å². The molecule has 2 heterocycles. The summed E-state index contributed by atoms with van der Waals surface area (Å²) >= 11 is 0. The van der Waals surface area contributed by atoms with Crippen LogP contribution in [-0.4, -0.2) is 29.9 Å². The number of anilines is 1. The van der Waals surface area contributed by atoms with E-state index in [9.17, 15) is 9.59 Å². The van der Waals surface area contributed by atoms with Gasteiger partial charge in [-0.2, -0.15) is 0 Å². The standard InChI is InChI=1S/C19H21N3O2/c23-18-12-16(14-22(18)17-9-5-10-20-13-17)19(24)21-11-4-8-15-6-2-1-3-7-15/h1-3,5-7,9-10,13,16H,4,8,11-12,14H2,(H,21,24). The van der Waals surface area contributed by atoms with Crippen LogP contribution in [0.5, 0.6) is 0 Å². The van der Waals surface area contributed by atoms with Crippen molar-refractivity contribution in [2.45, 2.75) is 19.3 Å². The second-order valence-corrected chi connectivity index (χ2v) is 6.00. The highest BCUT2D eigenvalue weighted by Gasteiger charge is 2.34. The molecule has 2 amide bonds. The van der Waals surface area contributed by atoms with Crippen LogP contribution in [0.4, 0.5) is 5.69 Å². The molecule has 1 aliphatic rings. The Balaban J connectivity index is 1.45. The molecule has 2 aromatic rings. The second kappa shape index (κ2) is 7.73. The van der Waals surface area contributed by atoms with Crippen molar-refractivity contribution >= 4 is 17.5 Å². The molecule has 0 radical (unpaired) electrons. The first-order valence-electron chi connectivity index (χ1n) is 8.26. The van der Waals surface area contributed by atoms with Gasteiger partial charge >= 0.3 is 0 Å². The van der Waals surface area contributed by atoms with Gasteiger partial charge in [0.2, 0.25) is 11.8 Å². The van der Waals surface area contributed by atoms with Crippen molar-refractivity contribution in [3.63, 3.8) is 0 Å². The quantitative estimate of drug-likeness (QED) is 0.829. The molecule has 3 rings (SSSR count). The zero-order chi connectivity index (χ0) is 16.8. The van der Waals surface area contributed by atoms with Gasteiger partial charge in [0.1, 0.15) is 0 Å². The number of benzene rings is 1. The van der Waals surface area contributed by atoms with Crippen LogP contribution in [0.3, 0.4) is 0 Å². The normalized spacial score (nSPS) is 17.1. The average Bonchev–Trinajstić information content (AvgIpc) is 3.02. The van der Waals surface area contributed by atoms with E-state index in [1.54, 1.807) is 23.4 Å². The minimum Gasteiger partial charge on any atom is -0.356 e. The zero-order valence-corrected chi connectivity index (χ0v) is 13.5. The molecule has 5 heteroatoms. The van der Waals surface area contributed by atoms with Crippen molar-refractivity contribution in [2.24, 2.45) is 5.92 Å². The molecule has 1 aromatic carbocycles. The van der Waals surface area contributed by atoms with E-state index in [-0.39, 0.29) is 24.2 Å². The zero-order valence-electron chi connectivity index (χ0n) is 13.5. The van der Waals surface area contributed by atoms with Gasteiger partial charge in [-0.1, -0.05) is 30.3 Å². The molecule has 1 aromatic heterocycles. The maximum atomic E-state index is 12.3. The second-order valence-electron chi connectivity index (χ2n) is 6.00. The van der Waals surface area contributed by atoms with Crippen molar-refractivity contribution in [2.75, 3.05) is 18.0 Å². The summed E-state index contributed by atoms with van der Waals surface area (Å²) in [7, 11) is 0. The maximum absolute atomic E-state index is 12.3. The van der Waals surface area contributed by atoms with E-state index < -0.39 is 0 Å². The summed E-state index contributed by atoms with van der Waals surface area (Å²) in [4.78, 5) is 30.1. The number of carbonyl (C=O) groups is 2. The SMILES string of the molecule is O=C(NCCCc1ccccc1)C1CC(=O)N(c2cccnc2)C1. The molecule has 1 saturated heterocycles. The van der Waals surface area contributed by atoms with Crippen LogP contribution >= 0.6 is 0 Å². The monoisotopic (exact) mass is 323 g/mol. The largest absolute Gasteiger partial charge is 0.356 e. The highest BCUT2D eigenvalue weighted by Crippen LogP contribution is 2.24. The summed E-state index contributed by atoms with van der Waals surface area (Å²) in [6.45, 7) is 1.06. The summed E-state index contributed by atoms with van der Waals surface area (Å²) in [5.74, 6) is -0.343. The number of aryl methyl sites for hydroxylation is 1. The van der Waals surface area contributed by atoms with E-state index in [0.29, 0.717) is 13.1 Å². The number of hydrogen-bond donors (Lipinski definition) is 1. The Hall–Kier alpha value is -2.69. The number of carbonyl (C=O) groups excluding carboxylic acids is 2. The van der Waals surface area contributed by atoms with Gasteiger partial charge in [-0.05, 0) is 30.5 Å². The molecule has 0 spiro atoms. The van der Waals surface area contributed by atoms with Crippen molar-refractivity contribution < 1.29 is 9.59 Å². The van der Waals surface area contributed by atoms with E-state index in [2.05, 4.69) is 22.4 Å². The molecule has 0 bridgehead atoms. The lowest BCUT2D eigenvalue weighted by molar-refractivity contribution is -0.126. The van der Waals surface area contributed by atoms with Crippen LogP contribution in [0, 0.1) is 5.92 Å². The lowest BCUT2D eigenvalue weighted by Gasteiger charge is -2.16. The first kappa shape index (κ1) is 16.2. The number of nitrogens with zero attached hydrogens (tertiary/aromatic N) is 2. The van der Waals surface area contributed by atoms with Crippen LogP contribution in [0.15, 0.2) is 54.9 Å². The molecule has 1 aliphatic heterocycles. The first-order valence-corrected chi connectivity index (χ1v) is 8.26. The van der Waals surface area contributed by atoms with Crippen LogP contribution in [0.25, 0.3) is 0 Å². The van der Waals surface area contributed by atoms with Crippen molar-refractivity contribution in [3.8, 4) is 0 Å². The van der Waals surface area contributed by atoms with E-state index in [0.717, 1.165) is 18.5 Å². The van der Waals surface area contributed by atoms with Crippen LogP contribution in [0.2, 0.25) is 0 Å². The van der Waals surface area contributed by atoms with E-state index in [1.807, 2.05) is 24.3 Å². The number of nitrogens with one attached hydrogen (secondary N) is 1. The number of pyridine rings is 1. The Morgan fingerprint density at radius 2 is 2.04 bits per heavy atom. The van der Waals surface area contributed by atoms with Gasteiger partial charge in [-0.25, -0.2) is 0 Å². The predicted octanol–water partition coefficient (Wildman–Crippen LogP) is 2.18. The molecule has 124 valence electrons. The van der Waals surface area contributed by atoms with E-state index in [4.69, 9.17) is 0 Å². The van der Waals surface area contributed by atoms with Gasteiger partial charge in [-0.15, -0.1) is 0 Å². The fourth-order valence-corrected chi connectivity index (χ4v) is 2.94. The lowest BCUT2D eigenvalue weighted by Crippen LogP contribution is -2.33. The van der Waals surface area contributed by atoms with Gasteiger partial charge in [0.15, 0.2) is 0 Å². The van der Waals surface area contributed by atoms with Crippen LogP contribution < -0.4 is 10.2 Å². The van der Waals surface area contributed by atoms with Gasteiger partial charge < -0.3 is 10.2 Å². The summed E-state index contributed by atoms with van der Waals surface area (Å²) in [6.07, 6.45) is 5.41. The minimum absolute atomic E-state index is 0.0209. The van der Waals surface area contributed by atoms with Gasteiger partial charge in [0.25, 0.3) is 0 Å². The smallest absolute Gasteiger partial charge is 0.227 e. The molecular weight excluding hydrogens is 302 g/mol. The van der Waals surface area contributed by atoms with Crippen molar-refractivity contribution in [1.29, 1.82) is 0 Å².